The number of hydrogen-bond acceptors (Lipinski definition) is 1. The fraction of sp³-hybridized carbons (Fsp3) is 0.250. The van der Waals surface area contributed by atoms with Crippen molar-refractivity contribution in [3.05, 3.63) is 42.0 Å². The van der Waals surface area contributed by atoms with Crippen LogP contribution in [-0.4, -0.2) is 11.1 Å². The molecular formula is C12H12O2. The fourth-order valence-corrected chi connectivity index (χ4v) is 1.51. The summed E-state index contributed by atoms with van der Waals surface area (Å²) in [4.78, 5) is 10.5. The number of carbonyl (C=O) groups is 1. The Kier molecular flexibility index (Phi) is 2.35. The third-order valence-electron chi connectivity index (χ3n) is 2.49. The summed E-state index contributed by atoms with van der Waals surface area (Å²) >= 11 is 0. The van der Waals surface area contributed by atoms with Crippen LogP contribution in [0.3, 0.4) is 0 Å². The monoisotopic (exact) mass is 188 g/mol. The predicted molar refractivity (Wildman–Crippen MR) is 54.7 cm³/mol. The van der Waals surface area contributed by atoms with Crippen LogP contribution in [-0.2, 0) is 4.79 Å². The zero-order valence-electron chi connectivity index (χ0n) is 7.76. The minimum Gasteiger partial charge on any atom is -0.481 e. The first kappa shape index (κ1) is 9.00. The Morgan fingerprint density at radius 2 is 2.07 bits per heavy atom. The van der Waals surface area contributed by atoms with Crippen LogP contribution in [0.1, 0.15) is 12.0 Å². The Morgan fingerprint density at radius 1 is 1.36 bits per heavy atom. The molecule has 1 N–H and O–H groups in total. The SMILES string of the molecule is O=C(O)[C@@H]1C[C@H]1/C=C/c1ccccc1. The van der Waals surface area contributed by atoms with E-state index in [9.17, 15) is 4.79 Å². The van der Waals surface area contributed by atoms with E-state index in [1.807, 2.05) is 42.5 Å². The molecule has 0 radical (unpaired) electrons. The molecule has 1 fully saturated rings. The maximum Gasteiger partial charge on any atom is 0.307 e. The van der Waals surface area contributed by atoms with Gasteiger partial charge < -0.3 is 5.11 Å². The molecule has 0 bridgehead atoms. The molecule has 1 saturated carbocycles. The highest BCUT2D eigenvalue weighted by Gasteiger charge is 2.40. The molecule has 0 unspecified atom stereocenters. The van der Waals surface area contributed by atoms with E-state index in [2.05, 4.69) is 0 Å². The average molecular weight is 188 g/mol. The lowest BCUT2D eigenvalue weighted by Crippen LogP contribution is -1.97. The Labute approximate surface area is 82.9 Å². The van der Waals surface area contributed by atoms with Crippen LogP contribution < -0.4 is 0 Å². The molecule has 1 aliphatic carbocycles. The summed E-state index contributed by atoms with van der Waals surface area (Å²) in [7, 11) is 0. The quantitative estimate of drug-likeness (QED) is 0.790. The zero-order valence-corrected chi connectivity index (χ0v) is 7.76. The van der Waals surface area contributed by atoms with Gasteiger partial charge in [-0.25, -0.2) is 0 Å². The second-order valence-electron chi connectivity index (χ2n) is 3.61. The second kappa shape index (κ2) is 3.66. The summed E-state index contributed by atoms with van der Waals surface area (Å²) in [5.74, 6) is -0.574. The number of allylic oxidation sites excluding steroid dienone is 1. The van der Waals surface area contributed by atoms with Crippen LogP contribution in [0.25, 0.3) is 6.08 Å². The summed E-state index contributed by atoms with van der Waals surface area (Å²) in [6.07, 6.45) is 4.78. The van der Waals surface area contributed by atoms with Crippen molar-refractivity contribution >= 4 is 12.0 Å². The molecule has 1 aromatic carbocycles. The Hall–Kier alpha value is -1.57. The molecule has 0 aliphatic heterocycles. The molecule has 2 atom stereocenters. The van der Waals surface area contributed by atoms with Crippen molar-refractivity contribution in [3.63, 3.8) is 0 Å². The van der Waals surface area contributed by atoms with E-state index < -0.39 is 5.97 Å². The van der Waals surface area contributed by atoms with Gasteiger partial charge in [-0.3, -0.25) is 4.79 Å². The molecule has 0 heterocycles. The van der Waals surface area contributed by atoms with E-state index in [1.54, 1.807) is 0 Å². The third-order valence-corrected chi connectivity index (χ3v) is 2.49. The summed E-state index contributed by atoms with van der Waals surface area (Å²) in [6.45, 7) is 0. The Bertz CT molecular complexity index is 354. The van der Waals surface area contributed by atoms with Gasteiger partial charge in [0.2, 0.25) is 0 Å². The highest BCUT2D eigenvalue weighted by molar-refractivity contribution is 5.74. The number of benzene rings is 1. The number of rotatable bonds is 3. The topological polar surface area (TPSA) is 37.3 Å². The van der Waals surface area contributed by atoms with Gasteiger partial charge in [0.05, 0.1) is 5.92 Å². The van der Waals surface area contributed by atoms with E-state index in [4.69, 9.17) is 5.11 Å². The lowest BCUT2D eigenvalue weighted by molar-refractivity contribution is -0.138. The van der Waals surface area contributed by atoms with Crippen molar-refractivity contribution in [1.29, 1.82) is 0 Å². The van der Waals surface area contributed by atoms with E-state index in [1.165, 1.54) is 0 Å². The molecular weight excluding hydrogens is 176 g/mol. The van der Waals surface area contributed by atoms with Gasteiger partial charge >= 0.3 is 5.97 Å². The molecule has 0 amide bonds. The summed E-state index contributed by atoms with van der Waals surface area (Å²) < 4.78 is 0. The highest BCUT2D eigenvalue weighted by atomic mass is 16.4. The first-order valence-corrected chi connectivity index (χ1v) is 4.73. The van der Waals surface area contributed by atoms with E-state index in [-0.39, 0.29) is 11.8 Å². The fourth-order valence-electron chi connectivity index (χ4n) is 1.51. The lowest BCUT2D eigenvalue weighted by atomic mass is 10.2. The maximum absolute atomic E-state index is 10.5. The van der Waals surface area contributed by atoms with Crippen LogP contribution in [0, 0.1) is 11.8 Å². The molecule has 2 nitrogen and oxygen atoms in total. The summed E-state index contributed by atoms with van der Waals surface area (Å²) in [6, 6.07) is 9.93. The van der Waals surface area contributed by atoms with Gasteiger partial charge in [0.1, 0.15) is 0 Å². The first-order chi connectivity index (χ1) is 6.77. The molecule has 0 aromatic heterocycles. The number of hydrogen-bond donors (Lipinski definition) is 1. The van der Waals surface area contributed by atoms with E-state index in [0.717, 1.165) is 12.0 Å². The van der Waals surface area contributed by atoms with Gasteiger partial charge in [0, 0.05) is 0 Å². The Balaban J connectivity index is 1.94. The van der Waals surface area contributed by atoms with Gasteiger partial charge in [-0.1, -0.05) is 42.5 Å². The van der Waals surface area contributed by atoms with E-state index >= 15 is 0 Å². The Morgan fingerprint density at radius 3 is 2.64 bits per heavy atom. The largest absolute Gasteiger partial charge is 0.481 e. The average Bonchev–Trinajstić information content (AvgIpc) is 2.96. The van der Waals surface area contributed by atoms with Crippen molar-refractivity contribution in [2.24, 2.45) is 11.8 Å². The zero-order chi connectivity index (χ0) is 9.97. The second-order valence-corrected chi connectivity index (χ2v) is 3.61. The van der Waals surface area contributed by atoms with Crippen molar-refractivity contribution in [1.82, 2.24) is 0 Å². The van der Waals surface area contributed by atoms with Crippen LogP contribution in [0.15, 0.2) is 36.4 Å². The number of aliphatic carboxylic acids is 1. The molecule has 0 spiro atoms. The number of carboxylic acid groups (broad SMARTS) is 1. The minimum atomic E-state index is -0.673. The molecule has 14 heavy (non-hydrogen) atoms. The molecule has 72 valence electrons. The lowest BCUT2D eigenvalue weighted by Gasteiger charge is -1.90. The predicted octanol–water partition coefficient (Wildman–Crippen LogP) is 2.42. The standard InChI is InChI=1S/C12H12O2/c13-12(14)11-8-10(11)7-6-9-4-2-1-3-5-9/h1-7,10-11H,8H2,(H,13,14)/b7-6+/t10-,11-/m1/s1. The van der Waals surface area contributed by atoms with Crippen LogP contribution >= 0.6 is 0 Å². The summed E-state index contributed by atoms with van der Waals surface area (Å²) in [5.41, 5.74) is 1.13. The molecule has 1 aliphatic rings. The summed E-state index contributed by atoms with van der Waals surface area (Å²) in [5, 5.41) is 8.69. The van der Waals surface area contributed by atoms with Crippen molar-refractivity contribution in [3.8, 4) is 0 Å². The van der Waals surface area contributed by atoms with Crippen molar-refractivity contribution in [2.45, 2.75) is 6.42 Å². The number of carboxylic acids is 1. The molecule has 1 aromatic rings. The van der Waals surface area contributed by atoms with Crippen LogP contribution in [0.4, 0.5) is 0 Å². The van der Waals surface area contributed by atoms with Gasteiger partial charge in [-0.15, -0.1) is 0 Å². The molecule has 2 heteroatoms. The van der Waals surface area contributed by atoms with Gasteiger partial charge in [-0.2, -0.15) is 0 Å². The third kappa shape index (κ3) is 2.02. The minimum absolute atomic E-state index is 0.144. The first-order valence-electron chi connectivity index (χ1n) is 4.73. The van der Waals surface area contributed by atoms with Gasteiger partial charge in [0.25, 0.3) is 0 Å². The van der Waals surface area contributed by atoms with Crippen LogP contribution in [0.5, 0.6) is 0 Å². The maximum atomic E-state index is 10.5. The highest BCUT2D eigenvalue weighted by Crippen LogP contribution is 2.40. The van der Waals surface area contributed by atoms with Crippen LogP contribution in [0.2, 0.25) is 0 Å². The van der Waals surface area contributed by atoms with Crippen molar-refractivity contribution in [2.75, 3.05) is 0 Å². The van der Waals surface area contributed by atoms with Gasteiger partial charge in [-0.05, 0) is 17.9 Å². The smallest absolute Gasteiger partial charge is 0.307 e. The van der Waals surface area contributed by atoms with E-state index in [0.29, 0.717) is 0 Å². The van der Waals surface area contributed by atoms with Crippen molar-refractivity contribution < 1.29 is 9.90 Å². The normalized spacial score (nSPS) is 25.1. The van der Waals surface area contributed by atoms with Gasteiger partial charge in [0.15, 0.2) is 0 Å². The molecule has 0 saturated heterocycles. The molecule has 2 rings (SSSR count).